The van der Waals surface area contributed by atoms with Gasteiger partial charge in [0.15, 0.2) is 6.61 Å². The molecule has 0 radical (unpaired) electrons. The SMILES string of the molecule is CNC(=O)NC(=O)COc1cccc(C#N)c1. The van der Waals surface area contributed by atoms with Crippen molar-refractivity contribution in [2.24, 2.45) is 0 Å². The van der Waals surface area contributed by atoms with Gasteiger partial charge in [0.05, 0.1) is 11.6 Å². The highest BCUT2D eigenvalue weighted by Gasteiger charge is 2.06. The van der Waals surface area contributed by atoms with Crippen LogP contribution < -0.4 is 15.4 Å². The Balaban J connectivity index is 2.47. The maximum atomic E-state index is 11.2. The van der Waals surface area contributed by atoms with Gasteiger partial charge in [-0.25, -0.2) is 4.79 Å². The Morgan fingerprint density at radius 3 is 2.88 bits per heavy atom. The quantitative estimate of drug-likeness (QED) is 0.790. The van der Waals surface area contributed by atoms with Crippen molar-refractivity contribution in [3.05, 3.63) is 29.8 Å². The summed E-state index contributed by atoms with van der Waals surface area (Å²) in [5.74, 6) is -0.164. The Morgan fingerprint density at radius 1 is 1.47 bits per heavy atom. The van der Waals surface area contributed by atoms with Gasteiger partial charge < -0.3 is 10.1 Å². The minimum Gasteiger partial charge on any atom is -0.484 e. The summed E-state index contributed by atoms with van der Waals surface area (Å²) in [5.41, 5.74) is 0.439. The second-order valence-corrected chi connectivity index (χ2v) is 3.06. The first-order valence-electron chi connectivity index (χ1n) is 4.80. The molecule has 2 N–H and O–H groups in total. The third-order valence-corrected chi connectivity index (χ3v) is 1.81. The Hall–Kier alpha value is -2.55. The van der Waals surface area contributed by atoms with E-state index in [4.69, 9.17) is 10.00 Å². The van der Waals surface area contributed by atoms with E-state index in [0.717, 1.165) is 0 Å². The maximum Gasteiger partial charge on any atom is 0.321 e. The van der Waals surface area contributed by atoms with Crippen molar-refractivity contribution in [2.45, 2.75) is 0 Å². The molecule has 0 bridgehead atoms. The normalized spacial score (nSPS) is 8.94. The molecule has 0 spiro atoms. The molecular formula is C11H11N3O3. The average molecular weight is 233 g/mol. The van der Waals surface area contributed by atoms with E-state index in [1.807, 2.05) is 11.4 Å². The standard InChI is InChI=1S/C11H11N3O3/c1-13-11(16)14-10(15)7-17-9-4-2-3-8(5-9)6-12/h2-5H,7H2,1H3,(H2,13,14,15,16). The van der Waals surface area contributed by atoms with Crippen LogP contribution in [-0.4, -0.2) is 25.6 Å². The lowest BCUT2D eigenvalue weighted by molar-refractivity contribution is -0.122. The molecule has 1 aromatic rings. The minimum atomic E-state index is -0.593. The molecule has 1 aromatic carbocycles. The van der Waals surface area contributed by atoms with Crippen LogP contribution in [0.1, 0.15) is 5.56 Å². The van der Waals surface area contributed by atoms with Crippen molar-refractivity contribution in [1.82, 2.24) is 10.6 Å². The third kappa shape index (κ3) is 4.22. The van der Waals surface area contributed by atoms with Crippen molar-refractivity contribution < 1.29 is 14.3 Å². The maximum absolute atomic E-state index is 11.2. The van der Waals surface area contributed by atoms with E-state index in [2.05, 4.69) is 5.32 Å². The molecule has 0 atom stereocenters. The zero-order valence-electron chi connectivity index (χ0n) is 9.19. The number of imide groups is 1. The van der Waals surface area contributed by atoms with Crippen LogP contribution >= 0.6 is 0 Å². The van der Waals surface area contributed by atoms with Gasteiger partial charge in [0.1, 0.15) is 5.75 Å². The number of ether oxygens (including phenoxy) is 1. The average Bonchev–Trinajstić information content (AvgIpc) is 2.36. The molecule has 3 amide bonds. The lowest BCUT2D eigenvalue weighted by Crippen LogP contribution is -2.39. The highest BCUT2D eigenvalue weighted by molar-refractivity contribution is 5.94. The van der Waals surface area contributed by atoms with Crippen LogP contribution in [0.15, 0.2) is 24.3 Å². The molecule has 0 aliphatic heterocycles. The molecular weight excluding hydrogens is 222 g/mol. The van der Waals surface area contributed by atoms with E-state index >= 15 is 0 Å². The molecule has 0 saturated heterocycles. The van der Waals surface area contributed by atoms with E-state index in [9.17, 15) is 9.59 Å². The van der Waals surface area contributed by atoms with Crippen molar-refractivity contribution in [3.63, 3.8) is 0 Å². The van der Waals surface area contributed by atoms with Gasteiger partial charge in [-0.15, -0.1) is 0 Å². The van der Waals surface area contributed by atoms with Crippen LogP contribution in [-0.2, 0) is 4.79 Å². The summed E-state index contributed by atoms with van der Waals surface area (Å²) in [4.78, 5) is 22.0. The Kier molecular flexibility index (Phi) is 4.51. The third-order valence-electron chi connectivity index (χ3n) is 1.81. The first kappa shape index (κ1) is 12.5. The first-order chi connectivity index (χ1) is 8.15. The molecule has 88 valence electrons. The summed E-state index contributed by atoms with van der Waals surface area (Å²) in [7, 11) is 1.40. The molecule has 0 aliphatic carbocycles. The number of nitrogens with one attached hydrogen (secondary N) is 2. The number of urea groups is 1. The predicted octanol–water partition coefficient (Wildman–Crippen LogP) is 0.393. The summed E-state index contributed by atoms with van der Waals surface area (Å²) in [6.07, 6.45) is 0. The molecule has 17 heavy (non-hydrogen) atoms. The van der Waals surface area contributed by atoms with Gasteiger partial charge in [0, 0.05) is 7.05 Å². The van der Waals surface area contributed by atoms with Crippen LogP contribution in [0.5, 0.6) is 5.75 Å². The van der Waals surface area contributed by atoms with Crippen molar-refractivity contribution in [3.8, 4) is 11.8 Å². The lowest BCUT2D eigenvalue weighted by Gasteiger charge is -2.06. The van der Waals surface area contributed by atoms with Gasteiger partial charge in [0.2, 0.25) is 0 Å². The number of rotatable bonds is 3. The molecule has 0 fully saturated rings. The summed E-state index contributed by atoms with van der Waals surface area (Å²) in [6.45, 7) is -0.289. The van der Waals surface area contributed by atoms with E-state index < -0.39 is 11.9 Å². The van der Waals surface area contributed by atoms with Crippen LogP contribution in [0.2, 0.25) is 0 Å². The summed E-state index contributed by atoms with van der Waals surface area (Å²) >= 11 is 0. The van der Waals surface area contributed by atoms with Crippen LogP contribution in [0, 0.1) is 11.3 Å². The van der Waals surface area contributed by atoms with E-state index in [1.165, 1.54) is 13.1 Å². The summed E-state index contributed by atoms with van der Waals surface area (Å²) < 4.78 is 5.11. The highest BCUT2D eigenvalue weighted by Crippen LogP contribution is 2.11. The largest absolute Gasteiger partial charge is 0.484 e. The predicted molar refractivity (Wildman–Crippen MR) is 59.3 cm³/mol. The Bertz CT molecular complexity index is 465. The molecule has 0 unspecified atom stereocenters. The monoisotopic (exact) mass is 233 g/mol. The number of hydrogen-bond acceptors (Lipinski definition) is 4. The number of hydrogen-bond donors (Lipinski definition) is 2. The number of nitrogens with zero attached hydrogens (tertiary/aromatic N) is 1. The first-order valence-corrected chi connectivity index (χ1v) is 4.80. The van der Waals surface area contributed by atoms with Crippen LogP contribution in [0.25, 0.3) is 0 Å². The van der Waals surface area contributed by atoms with Crippen LogP contribution in [0.3, 0.4) is 0 Å². The zero-order chi connectivity index (χ0) is 12.7. The molecule has 0 aliphatic rings. The number of benzene rings is 1. The second-order valence-electron chi connectivity index (χ2n) is 3.06. The molecule has 6 heteroatoms. The fourth-order valence-corrected chi connectivity index (χ4v) is 1.03. The number of amides is 3. The van der Waals surface area contributed by atoms with Crippen molar-refractivity contribution in [1.29, 1.82) is 5.26 Å². The number of carbonyl (C=O) groups is 2. The molecule has 1 rings (SSSR count). The van der Waals surface area contributed by atoms with Gasteiger partial charge >= 0.3 is 6.03 Å². The summed E-state index contributed by atoms with van der Waals surface area (Å²) in [5, 5.41) is 12.9. The Labute approximate surface area is 98.2 Å². The minimum absolute atomic E-state index is 0.289. The Morgan fingerprint density at radius 2 is 2.24 bits per heavy atom. The fourth-order valence-electron chi connectivity index (χ4n) is 1.03. The van der Waals surface area contributed by atoms with Gasteiger partial charge in [-0.2, -0.15) is 5.26 Å². The molecule has 6 nitrogen and oxygen atoms in total. The molecule has 0 heterocycles. The van der Waals surface area contributed by atoms with E-state index in [-0.39, 0.29) is 6.61 Å². The fraction of sp³-hybridized carbons (Fsp3) is 0.182. The molecule has 0 aromatic heterocycles. The van der Waals surface area contributed by atoms with Crippen molar-refractivity contribution in [2.75, 3.05) is 13.7 Å². The zero-order valence-corrected chi connectivity index (χ0v) is 9.19. The van der Waals surface area contributed by atoms with E-state index in [1.54, 1.807) is 18.2 Å². The van der Waals surface area contributed by atoms with Gasteiger partial charge in [-0.1, -0.05) is 6.07 Å². The lowest BCUT2D eigenvalue weighted by atomic mass is 10.2. The number of nitriles is 1. The molecule has 0 saturated carbocycles. The van der Waals surface area contributed by atoms with Gasteiger partial charge in [0.25, 0.3) is 5.91 Å². The summed E-state index contributed by atoms with van der Waals surface area (Å²) in [6, 6.07) is 7.75. The van der Waals surface area contributed by atoms with Gasteiger partial charge in [-0.05, 0) is 18.2 Å². The highest BCUT2D eigenvalue weighted by atomic mass is 16.5. The van der Waals surface area contributed by atoms with Crippen LogP contribution in [0.4, 0.5) is 4.79 Å². The van der Waals surface area contributed by atoms with Crippen molar-refractivity contribution >= 4 is 11.9 Å². The second kappa shape index (κ2) is 6.12. The van der Waals surface area contributed by atoms with Gasteiger partial charge in [-0.3, -0.25) is 10.1 Å². The smallest absolute Gasteiger partial charge is 0.321 e. The number of carbonyl (C=O) groups excluding carboxylic acids is 2. The van der Waals surface area contributed by atoms with E-state index in [0.29, 0.717) is 11.3 Å². The topological polar surface area (TPSA) is 91.2 Å².